The molecule has 0 spiro atoms. The highest BCUT2D eigenvalue weighted by Gasteiger charge is 2.31. The minimum Gasteiger partial charge on any atom is -0.497 e. The molecule has 124 valence electrons. The Hall–Kier alpha value is -2.54. The van der Waals surface area contributed by atoms with E-state index in [4.69, 9.17) is 4.74 Å². The second-order valence-electron chi connectivity index (χ2n) is 5.30. The maximum Gasteiger partial charge on any atom is 0.269 e. The third-order valence-corrected chi connectivity index (χ3v) is 5.14. The Morgan fingerprint density at radius 1 is 1.21 bits per heavy atom. The molecule has 1 aliphatic rings. The third kappa shape index (κ3) is 3.21. The van der Waals surface area contributed by atoms with Crippen LogP contribution in [0, 0.1) is 10.1 Å². The zero-order valence-corrected chi connectivity index (χ0v) is 13.9. The first kappa shape index (κ1) is 16.3. The van der Waals surface area contributed by atoms with Crippen LogP contribution in [0.15, 0.2) is 48.5 Å². The highest BCUT2D eigenvalue weighted by atomic mass is 32.2. The van der Waals surface area contributed by atoms with Crippen molar-refractivity contribution in [1.29, 1.82) is 0 Å². The Morgan fingerprint density at radius 3 is 2.46 bits per heavy atom. The molecule has 1 aliphatic heterocycles. The van der Waals surface area contributed by atoms with Gasteiger partial charge in [0.15, 0.2) is 0 Å². The van der Waals surface area contributed by atoms with Crippen molar-refractivity contribution in [1.82, 2.24) is 4.90 Å². The predicted molar refractivity (Wildman–Crippen MR) is 92.3 cm³/mol. The highest BCUT2D eigenvalue weighted by Crippen LogP contribution is 2.39. The Kier molecular flexibility index (Phi) is 4.71. The fourth-order valence-electron chi connectivity index (χ4n) is 2.61. The standard InChI is InChI=1S/C17H16N2O4S/c1-23-15-8-4-13(5-9-15)17-18(10-11-24-17)16(20)12-2-6-14(7-3-12)19(21)22/h2-9,17H,10-11H2,1H3/t17-/m1/s1. The summed E-state index contributed by atoms with van der Waals surface area (Å²) in [5.41, 5.74) is 1.48. The maximum absolute atomic E-state index is 12.8. The van der Waals surface area contributed by atoms with E-state index < -0.39 is 4.92 Å². The molecule has 6 nitrogen and oxygen atoms in total. The van der Waals surface area contributed by atoms with Gasteiger partial charge in [0.2, 0.25) is 0 Å². The van der Waals surface area contributed by atoms with Crippen LogP contribution in [0.4, 0.5) is 5.69 Å². The summed E-state index contributed by atoms with van der Waals surface area (Å²) in [6.07, 6.45) is 0. The lowest BCUT2D eigenvalue weighted by molar-refractivity contribution is -0.384. The van der Waals surface area contributed by atoms with Crippen LogP contribution in [0.2, 0.25) is 0 Å². The van der Waals surface area contributed by atoms with Gasteiger partial charge >= 0.3 is 0 Å². The van der Waals surface area contributed by atoms with E-state index in [2.05, 4.69) is 0 Å². The largest absolute Gasteiger partial charge is 0.497 e. The van der Waals surface area contributed by atoms with Crippen LogP contribution in [0.25, 0.3) is 0 Å². The molecule has 1 heterocycles. The van der Waals surface area contributed by atoms with Crippen molar-refractivity contribution in [3.63, 3.8) is 0 Å². The number of rotatable bonds is 4. The number of benzene rings is 2. The van der Waals surface area contributed by atoms with Gasteiger partial charge in [-0.1, -0.05) is 12.1 Å². The molecule has 2 aromatic rings. The fourth-order valence-corrected chi connectivity index (χ4v) is 3.87. The van der Waals surface area contributed by atoms with Crippen molar-refractivity contribution in [2.24, 2.45) is 0 Å². The normalized spacial score (nSPS) is 16.9. The van der Waals surface area contributed by atoms with Crippen molar-refractivity contribution >= 4 is 23.4 Å². The van der Waals surface area contributed by atoms with Crippen LogP contribution < -0.4 is 4.74 Å². The molecule has 1 fully saturated rings. The van der Waals surface area contributed by atoms with E-state index in [-0.39, 0.29) is 17.0 Å². The minimum atomic E-state index is -0.472. The molecule has 0 N–H and O–H groups in total. The Labute approximate surface area is 143 Å². The summed E-state index contributed by atoms with van der Waals surface area (Å²) < 4.78 is 5.16. The Morgan fingerprint density at radius 2 is 1.88 bits per heavy atom. The minimum absolute atomic E-state index is 0.0194. The van der Waals surface area contributed by atoms with Crippen molar-refractivity contribution in [2.75, 3.05) is 19.4 Å². The number of thioether (sulfide) groups is 1. The van der Waals surface area contributed by atoms with Gasteiger partial charge in [-0.15, -0.1) is 11.8 Å². The first-order valence-corrected chi connectivity index (χ1v) is 8.46. The second kappa shape index (κ2) is 6.92. The lowest BCUT2D eigenvalue weighted by Gasteiger charge is -2.24. The third-order valence-electron chi connectivity index (χ3n) is 3.88. The van der Waals surface area contributed by atoms with Crippen molar-refractivity contribution < 1.29 is 14.5 Å². The number of carbonyl (C=O) groups is 1. The summed E-state index contributed by atoms with van der Waals surface area (Å²) in [4.78, 5) is 24.8. The molecule has 24 heavy (non-hydrogen) atoms. The molecule has 2 aromatic carbocycles. The molecule has 0 aromatic heterocycles. The average Bonchev–Trinajstić information content (AvgIpc) is 3.11. The van der Waals surface area contributed by atoms with Gasteiger partial charge in [0.25, 0.3) is 11.6 Å². The monoisotopic (exact) mass is 344 g/mol. The number of nitro groups is 1. The highest BCUT2D eigenvalue weighted by molar-refractivity contribution is 7.99. The summed E-state index contributed by atoms with van der Waals surface area (Å²) in [6, 6.07) is 13.4. The van der Waals surface area contributed by atoms with Gasteiger partial charge in [0, 0.05) is 30.0 Å². The quantitative estimate of drug-likeness (QED) is 0.627. The Balaban J connectivity index is 1.81. The first-order valence-electron chi connectivity index (χ1n) is 7.41. The van der Waals surface area contributed by atoms with Crippen LogP contribution in [0.3, 0.4) is 0 Å². The number of hydrogen-bond donors (Lipinski definition) is 0. The smallest absolute Gasteiger partial charge is 0.269 e. The van der Waals surface area contributed by atoms with Crippen LogP contribution in [0.5, 0.6) is 5.75 Å². The first-order chi connectivity index (χ1) is 11.6. The number of ether oxygens (including phenoxy) is 1. The molecule has 1 amide bonds. The van der Waals surface area contributed by atoms with Crippen LogP contribution >= 0.6 is 11.8 Å². The summed E-state index contributed by atoms with van der Waals surface area (Å²) in [6.45, 7) is 0.650. The van der Waals surface area contributed by atoms with Crippen molar-refractivity contribution in [3.8, 4) is 5.75 Å². The van der Waals surface area contributed by atoms with Gasteiger partial charge in [-0.2, -0.15) is 0 Å². The summed E-state index contributed by atoms with van der Waals surface area (Å²) in [5.74, 6) is 1.51. The molecule has 0 aliphatic carbocycles. The zero-order chi connectivity index (χ0) is 17.1. The molecule has 0 saturated carbocycles. The van der Waals surface area contributed by atoms with Gasteiger partial charge in [-0.25, -0.2) is 0 Å². The number of amides is 1. The van der Waals surface area contributed by atoms with Gasteiger partial charge in [0.05, 0.1) is 12.0 Å². The summed E-state index contributed by atoms with van der Waals surface area (Å²) >= 11 is 1.70. The lowest BCUT2D eigenvalue weighted by Crippen LogP contribution is -2.30. The maximum atomic E-state index is 12.8. The number of hydrogen-bond acceptors (Lipinski definition) is 5. The molecule has 7 heteroatoms. The predicted octanol–water partition coefficient (Wildman–Crippen LogP) is 3.49. The number of non-ortho nitro benzene ring substituents is 1. The molecule has 3 rings (SSSR count). The van der Waals surface area contributed by atoms with E-state index in [0.29, 0.717) is 12.1 Å². The molecule has 0 unspecified atom stereocenters. The van der Waals surface area contributed by atoms with E-state index in [1.54, 1.807) is 23.8 Å². The molecule has 0 radical (unpaired) electrons. The number of nitrogens with zero attached hydrogens (tertiary/aromatic N) is 2. The van der Waals surface area contributed by atoms with Crippen LogP contribution in [0.1, 0.15) is 21.3 Å². The van der Waals surface area contributed by atoms with Crippen LogP contribution in [-0.4, -0.2) is 35.1 Å². The van der Waals surface area contributed by atoms with E-state index in [0.717, 1.165) is 17.1 Å². The summed E-state index contributed by atoms with van der Waals surface area (Å²) in [7, 11) is 1.61. The van der Waals surface area contributed by atoms with E-state index >= 15 is 0 Å². The SMILES string of the molecule is COc1ccc([C@H]2SCCN2C(=O)c2ccc([N+](=O)[O-])cc2)cc1. The number of carbonyl (C=O) groups excluding carboxylic acids is 1. The van der Waals surface area contributed by atoms with Crippen molar-refractivity contribution in [3.05, 3.63) is 69.8 Å². The van der Waals surface area contributed by atoms with Gasteiger partial charge in [0.1, 0.15) is 11.1 Å². The zero-order valence-electron chi connectivity index (χ0n) is 13.0. The number of nitro benzene ring substituents is 1. The van der Waals surface area contributed by atoms with E-state index in [1.807, 2.05) is 24.3 Å². The van der Waals surface area contributed by atoms with Crippen LogP contribution in [-0.2, 0) is 0 Å². The second-order valence-corrected chi connectivity index (χ2v) is 6.49. The number of methoxy groups -OCH3 is 1. The average molecular weight is 344 g/mol. The van der Waals surface area contributed by atoms with E-state index in [1.165, 1.54) is 24.3 Å². The molecule has 1 saturated heterocycles. The molecular formula is C17H16N2O4S. The van der Waals surface area contributed by atoms with Crippen molar-refractivity contribution in [2.45, 2.75) is 5.37 Å². The van der Waals surface area contributed by atoms with Gasteiger partial charge < -0.3 is 9.64 Å². The lowest BCUT2D eigenvalue weighted by atomic mass is 10.1. The topological polar surface area (TPSA) is 72.7 Å². The Bertz CT molecular complexity index is 746. The molecule has 0 bridgehead atoms. The summed E-state index contributed by atoms with van der Waals surface area (Å²) in [5, 5.41) is 10.7. The van der Waals surface area contributed by atoms with E-state index in [9.17, 15) is 14.9 Å². The molecule has 1 atom stereocenters. The fraction of sp³-hybridized carbons (Fsp3) is 0.235. The van der Waals surface area contributed by atoms with Gasteiger partial charge in [-0.3, -0.25) is 14.9 Å². The van der Waals surface area contributed by atoms with Gasteiger partial charge in [-0.05, 0) is 29.8 Å². The molecular weight excluding hydrogens is 328 g/mol.